The molecule has 0 spiro atoms. The van der Waals surface area contributed by atoms with E-state index < -0.39 is 0 Å². The molecule has 3 rings (SSSR count). The predicted octanol–water partition coefficient (Wildman–Crippen LogP) is 3.19. The van der Waals surface area contributed by atoms with Gasteiger partial charge in [-0.1, -0.05) is 34.5 Å². The molecule has 1 aromatic heterocycles. The highest BCUT2D eigenvalue weighted by Gasteiger charge is 2.32. The van der Waals surface area contributed by atoms with Gasteiger partial charge in [0.25, 0.3) is 0 Å². The summed E-state index contributed by atoms with van der Waals surface area (Å²) in [6.45, 7) is 0. The summed E-state index contributed by atoms with van der Waals surface area (Å²) in [5, 5.41) is 13.0. The molecular weight excluding hydrogens is 331 g/mol. The molecule has 1 aliphatic rings. The largest absolute Gasteiger partial charge is 0.328 e. The monoisotopic (exact) mass is 342 g/mol. The number of amides is 1. The van der Waals surface area contributed by atoms with Gasteiger partial charge in [-0.05, 0) is 31.0 Å². The second-order valence-corrected chi connectivity index (χ2v) is 6.84. The average molecular weight is 343 g/mol. The van der Waals surface area contributed by atoms with Crippen molar-refractivity contribution >= 4 is 45.6 Å². The lowest BCUT2D eigenvalue weighted by molar-refractivity contribution is -0.122. The van der Waals surface area contributed by atoms with Gasteiger partial charge in [0.1, 0.15) is 5.01 Å². The summed E-state index contributed by atoms with van der Waals surface area (Å²) >= 11 is 13.2. The molecule has 3 N–H and O–H groups in total. The lowest BCUT2D eigenvalue weighted by atomic mass is 9.80. The van der Waals surface area contributed by atoms with Crippen LogP contribution >= 0.6 is 34.5 Å². The van der Waals surface area contributed by atoms with Gasteiger partial charge < -0.3 is 11.1 Å². The number of nitrogens with zero attached hydrogens (tertiary/aromatic N) is 2. The first-order valence-electron chi connectivity index (χ1n) is 6.37. The van der Waals surface area contributed by atoms with E-state index in [-0.39, 0.29) is 17.9 Å². The van der Waals surface area contributed by atoms with Crippen LogP contribution in [0.5, 0.6) is 0 Å². The third kappa shape index (κ3) is 3.35. The molecular formula is C13H12Cl2N4OS. The second-order valence-electron chi connectivity index (χ2n) is 4.99. The number of hydrogen-bond acceptors (Lipinski definition) is 5. The third-order valence-electron chi connectivity index (χ3n) is 3.31. The summed E-state index contributed by atoms with van der Waals surface area (Å²) in [5.74, 6) is -0.0727. The van der Waals surface area contributed by atoms with Crippen molar-refractivity contribution in [1.29, 1.82) is 0 Å². The minimum Gasteiger partial charge on any atom is -0.328 e. The van der Waals surface area contributed by atoms with Gasteiger partial charge in [-0.3, -0.25) is 4.79 Å². The number of nitrogens with one attached hydrogen (secondary N) is 1. The van der Waals surface area contributed by atoms with Crippen molar-refractivity contribution < 1.29 is 4.79 Å². The Morgan fingerprint density at radius 2 is 1.90 bits per heavy atom. The Kier molecular flexibility index (Phi) is 4.12. The zero-order chi connectivity index (χ0) is 15.0. The highest BCUT2D eigenvalue weighted by atomic mass is 35.5. The number of aromatic nitrogens is 2. The first-order valence-corrected chi connectivity index (χ1v) is 7.95. The molecule has 1 fully saturated rings. The van der Waals surface area contributed by atoms with Crippen molar-refractivity contribution in [2.24, 2.45) is 11.7 Å². The normalized spacial score (nSPS) is 20.9. The van der Waals surface area contributed by atoms with Crippen LogP contribution in [0.4, 0.5) is 5.13 Å². The van der Waals surface area contributed by atoms with Crippen LogP contribution in [0.3, 0.4) is 0 Å². The molecule has 110 valence electrons. The van der Waals surface area contributed by atoms with Crippen LogP contribution in [0.2, 0.25) is 10.0 Å². The highest BCUT2D eigenvalue weighted by Crippen LogP contribution is 2.32. The van der Waals surface area contributed by atoms with Crippen molar-refractivity contribution in [1.82, 2.24) is 10.2 Å². The number of rotatable bonds is 3. The molecule has 5 nitrogen and oxygen atoms in total. The smallest absolute Gasteiger partial charge is 0.229 e. The number of nitrogens with two attached hydrogens (primary N) is 1. The molecule has 8 heteroatoms. The molecule has 0 unspecified atom stereocenters. The first-order chi connectivity index (χ1) is 10.0. The van der Waals surface area contributed by atoms with Gasteiger partial charge in [-0.25, -0.2) is 0 Å². The minimum absolute atomic E-state index is 0.0204. The molecule has 21 heavy (non-hydrogen) atoms. The molecule has 2 aromatic rings. The molecule has 1 amide bonds. The van der Waals surface area contributed by atoms with E-state index >= 15 is 0 Å². The number of halogens is 2. The van der Waals surface area contributed by atoms with E-state index in [1.54, 1.807) is 18.2 Å². The van der Waals surface area contributed by atoms with E-state index in [1.807, 2.05) is 0 Å². The molecule has 0 bridgehead atoms. The highest BCUT2D eigenvalue weighted by molar-refractivity contribution is 7.18. The Hall–Kier alpha value is -1.21. The van der Waals surface area contributed by atoms with Crippen LogP contribution in [-0.2, 0) is 4.79 Å². The fourth-order valence-electron chi connectivity index (χ4n) is 2.15. The Bertz CT molecular complexity index is 664. The van der Waals surface area contributed by atoms with Crippen LogP contribution in [0.1, 0.15) is 12.8 Å². The van der Waals surface area contributed by atoms with E-state index in [0.717, 1.165) is 18.4 Å². The second kappa shape index (κ2) is 5.88. The lowest BCUT2D eigenvalue weighted by Gasteiger charge is -2.30. The van der Waals surface area contributed by atoms with E-state index in [2.05, 4.69) is 15.5 Å². The van der Waals surface area contributed by atoms with Crippen molar-refractivity contribution in [3.63, 3.8) is 0 Å². The molecule has 0 aliphatic heterocycles. The zero-order valence-corrected chi connectivity index (χ0v) is 13.2. The van der Waals surface area contributed by atoms with Gasteiger partial charge in [0.05, 0.1) is 0 Å². The average Bonchev–Trinajstić information content (AvgIpc) is 2.82. The summed E-state index contributed by atoms with van der Waals surface area (Å²) in [5.41, 5.74) is 6.45. The van der Waals surface area contributed by atoms with Crippen molar-refractivity contribution in [3.8, 4) is 10.6 Å². The van der Waals surface area contributed by atoms with Crippen molar-refractivity contribution in [2.75, 3.05) is 5.32 Å². The fourth-order valence-corrected chi connectivity index (χ4v) is 3.41. The Labute approximate surface area is 135 Å². The molecule has 0 saturated heterocycles. The maximum Gasteiger partial charge on any atom is 0.229 e. The van der Waals surface area contributed by atoms with E-state index in [4.69, 9.17) is 28.9 Å². The number of carbonyl (C=O) groups excluding carboxylic acids is 1. The van der Waals surface area contributed by atoms with Crippen LogP contribution in [0.25, 0.3) is 10.6 Å². The Morgan fingerprint density at radius 3 is 2.52 bits per heavy atom. The maximum absolute atomic E-state index is 11.9. The number of carbonyl (C=O) groups is 1. The number of hydrogen-bond donors (Lipinski definition) is 2. The fraction of sp³-hybridized carbons (Fsp3) is 0.308. The summed E-state index contributed by atoms with van der Waals surface area (Å²) in [6, 6.07) is 5.30. The first kappa shape index (κ1) is 14.7. The van der Waals surface area contributed by atoms with Crippen molar-refractivity contribution in [3.05, 3.63) is 28.2 Å². The molecule has 1 aliphatic carbocycles. The van der Waals surface area contributed by atoms with Crippen molar-refractivity contribution in [2.45, 2.75) is 18.9 Å². The number of benzene rings is 1. The number of anilines is 1. The van der Waals surface area contributed by atoms with Gasteiger partial charge >= 0.3 is 0 Å². The lowest BCUT2D eigenvalue weighted by Crippen LogP contribution is -2.42. The van der Waals surface area contributed by atoms with E-state index in [9.17, 15) is 4.79 Å². The zero-order valence-electron chi connectivity index (χ0n) is 10.8. The maximum atomic E-state index is 11.9. The van der Waals surface area contributed by atoms with Crippen LogP contribution in [-0.4, -0.2) is 22.1 Å². The SMILES string of the molecule is NC1CC(C(=O)Nc2nnc(-c3cc(Cl)cc(Cl)c3)s2)C1. The van der Waals surface area contributed by atoms with Gasteiger partial charge in [-0.15, -0.1) is 10.2 Å². The van der Waals surface area contributed by atoms with E-state index in [0.29, 0.717) is 20.2 Å². The standard InChI is InChI=1S/C13H12Cl2N4OS/c14-8-1-7(2-9(15)5-8)12-18-19-13(21-12)17-11(20)6-3-10(16)4-6/h1-2,5-6,10H,3-4,16H2,(H,17,19,20). The summed E-state index contributed by atoms with van der Waals surface area (Å²) < 4.78 is 0. The Morgan fingerprint density at radius 1 is 1.24 bits per heavy atom. The van der Waals surface area contributed by atoms with Gasteiger partial charge in [0.15, 0.2) is 0 Å². The quantitative estimate of drug-likeness (QED) is 0.897. The third-order valence-corrected chi connectivity index (χ3v) is 4.63. The summed E-state index contributed by atoms with van der Waals surface area (Å²) in [7, 11) is 0. The Balaban J connectivity index is 1.72. The topological polar surface area (TPSA) is 80.9 Å². The summed E-state index contributed by atoms with van der Waals surface area (Å²) in [4.78, 5) is 11.9. The van der Waals surface area contributed by atoms with Crippen LogP contribution < -0.4 is 11.1 Å². The predicted molar refractivity (Wildman–Crippen MR) is 84.7 cm³/mol. The van der Waals surface area contributed by atoms with E-state index in [1.165, 1.54) is 11.3 Å². The molecule has 0 radical (unpaired) electrons. The van der Waals surface area contributed by atoms with Gasteiger partial charge in [-0.2, -0.15) is 0 Å². The van der Waals surface area contributed by atoms with Gasteiger partial charge in [0, 0.05) is 27.6 Å². The summed E-state index contributed by atoms with van der Waals surface area (Å²) in [6.07, 6.45) is 1.45. The van der Waals surface area contributed by atoms with Crippen LogP contribution in [0.15, 0.2) is 18.2 Å². The molecule has 0 atom stereocenters. The van der Waals surface area contributed by atoms with Gasteiger partial charge in [0.2, 0.25) is 11.0 Å². The molecule has 1 saturated carbocycles. The minimum atomic E-state index is -0.0523. The molecule has 1 heterocycles. The van der Waals surface area contributed by atoms with Crippen LogP contribution in [0, 0.1) is 5.92 Å². The molecule has 1 aromatic carbocycles.